The van der Waals surface area contributed by atoms with Crippen LogP contribution in [0.4, 0.5) is 16.0 Å². The third-order valence-corrected chi connectivity index (χ3v) is 7.24. The highest BCUT2D eigenvalue weighted by molar-refractivity contribution is 5.94. The standard InChI is InChI=1S/C27H34FN7O2/c1-18(2)33-10-12-34(13-11-33)26(36)20-4-6-21(7-5-20)31-27-30-16-23(28)25(32-27)24-17-29-19(3)35(24)22-8-14-37-15-9-22/h4-7,16-18,22H,8-15H2,1-3H3,(H,30,31,32). The first-order chi connectivity index (χ1) is 17.9. The Kier molecular flexibility index (Phi) is 7.48. The summed E-state index contributed by atoms with van der Waals surface area (Å²) in [6, 6.07) is 7.92. The van der Waals surface area contributed by atoms with E-state index in [-0.39, 0.29) is 23.6 Å². The summed E-state index contributed by atoms with van der Waals surface area (Å²) in [5.74, 6) is 0.627. The lowest BCUT2D eigenvalue weighted by Gasteiger charge is -2.37. The average molecular weight is 508 g/mol. The molecule has 3 aromatic rings. The number of aryl methyl sites for hydroxylation is 1. The molecule has 4 heterocycles. The highest BCUT2D eigenvalue weighted by atomic mass is 19.1. The zero-order valence-electron chi connectivity index (χ0n) is 21.7. The van der Waals surface area contributed by atoms with Crippen molar-refractivity contribution < 1.29 is 13.9 Å². The Hall–Kier alpha value is -3.37. The van der Waals surface area contributed by atoms with Gasteiger partial charge in [0, 0.05) is 62.7 Å². The lowest BCUT2D eigenvalue weighted by atomic mass is 10.1. The number of rotatable bonds is 6. The molecule has 1 aromatic carbocycles. The summed E-state index contributed by atoms with van der Waals surface area (Å²) in [4.78, 5) is 30.3. The molecule has 2 aliphatic rings. The van der Waals surface area contributed by atoms with Crippen molar-refractivity contribution in [2.75, 3.05) is 44.7 Å². The van der Waals surface area contributed by atoms with Crippen molar-refractivity contribution in [1.82, 2.24) is 29.3 Å². The third-order valence-electron chi connectivity index (χ3n) is 7.24. The second kappa shape index (κ2) is 10.9. The minimum atomic E-state index is -0.503. The molecule has 2 aliphatic heterocycles. The molecule has 9 nitrogen and oxygen atoms in total. The first-order valence-electron chi connectivity index (χ1n) is 13.0. The number of nitrogens with one attached hydrogen (secondary N) is 1. The topological polar surface area (TPSA) is 88.4 Å². The van der Waals surface area contributed by atoms with Crippen molar-refractivity contribution in [3.05, 3.63) is 53.9 Å². The number of hydrogen-bond donors (Lipinski definition) is 1. The van der Waals surface area contributed by atoms with Crippen LogP contribution >= 0.6 is 0 Å². The molecular formula is C27H34FN7O2. The molecular weight excluding hydrogens is 473 g/mol. The predicted molar refractivity (Wildman–Crippen MR) is 139 cm³/mol. The molecule has 2 aromatic heterocycles. The molecule has 196 valence electrons. The summed E-state index contributed by atoms with van der Waals surface area (Å²) in [5, 5.41) is 3.14. The van der Waals surface area contributed by atoms with Gasteiger partial charge in [-0.3, -0.25) is 9.69 Å². The molecule has 5 rings (SSSR count). The van der Waals surface area contributed by atoms with Crippen LogP contribution < -0.4 is 5.32 Å². The third kappa shape index (κ3) is 5.50. The average Bonchev–Trinajstić information content (AvgIpc) is 3.31. The van der Waals surface area contributed by atoms with E-state index in [1.165, 1.54) is 6.20 Å². The van der Waals surface area contributed by atoms with Gasteiger partial charge in [-0.1, -0.05) is 0 Å². The summed E-state index contributed by atoms with van der Waals surface area (Å²) in [6.45, 7) is 10.9. The monoisotopic (exact) mass is 507 g/mol. The number of amides is 1. The molecule has 0 spiro atoms. The van der Waals surface area contributed by atoms with E-state index in [2.05, 4.69) is 43.6 Å². The molecule has 1 N–H and O–H groups in total. The number of aromatic nitrogens is 4. The van der Waals surface area contributed by atoms with Gasteiger partial charge in [-0.15, -0.1) is 0 Å². The van der Waals surface area contributed by atoms with Gasteiger partial charge < -0.3 is 19.5 Å². The number of carbonyl (C=O) groups is 1. The number of piperazine rings is 1. The maximum absolute atomic E-state index is 14.9. The fraction of sp³-hybridized carbons (Fsp3) is 0.481. The number of benzene rings is 1. The first kappa shape index (κ1) is 25.3. The number of hydrogen-bond acceptors (Lipinski definition) is 7. The van der Waals surface area contributed by atoms with Crippen LogP contribution in [0, 0.1) is 12.7 Å². The summed E-state index contributed by atoms with van der Waals surface area (Å²) in [5.41, 5.74) is 2.19. The van der Waals surface area contributed by atoms with Crippen LogP contribution in [0.15, 0.2) is 36.7 Å². The van der Waals surface area contributed by atoms with Crippen LogP contribution in [0.1, 0.15) is 48.9 Å². The van der Waals surface area contributed by atoms with Crippen LogP contribution in [-0.4, -0.2) is 80.7 Å². The zero-order chi connectivity index (χ0) is 25.9. The molecule has 0 saturated carbocycles. The molecule has 0 bridgehead atoms. The molecule has 2 saturated heterocycles. The van der Waals surface area contributed by atoms with E-state index >= 15 is 0 Å². The van der Waals surface area contributed by atoms with E-state index < -0.39 is 5.82 Å². The maximum atomic E-state index is 14.9. The van der Waals surface area contributed by atoms with Gasteiger partial charge in [0.2, 0.25) is 5.95 Å². The quantitative estimate of drug-likeness (QED) is 0.539. The Morgan fingerprint density at radius 2 is 1.76 bits per heavy atom. The Morgan fingerprint density at radius 3 is 2.43 bits per heavy atom. The Labute approximate surface area is 216 Å². The van der Waals surface area contributed by atoms with Crippen molar-refractivity contribution in [2.45, 2.75) is 45.7 Å². The second-order valence-electron chi connectivity index (χ2n) is 9.92. The molecule has 0 unspecified atom stereocenters. The van der Waals surface area contributed by atoms with E-state index in [0.29, 0.717) is 36.2 Å². The van der Waals surface area contributed by atoms with Crippen molar-refractivity contribution in [2.24, 2.45) is 0 Å². The zero-order valence-corrected chi connectivity index (χ0v) is 21.7. The number of halogens is 1. The Morgan fingerprint density at radius 1 is 1.05 bits per heavy atom. The molecule has 1 amide bonds. The van der Waals surface area contributed by atoms with Gasteiger partial charge in [0.1, 0.15) is 11.5 Å². The molecule has 10 heteroatoms. The second-order valence-corrected chi connectivity index (χ2v) is 9.92. The summed E-state index contributed by atoms with van der Waals surface area (Å²) in [7, 11) is 0. The van der Waals surface area contributed by atoms with Gasteiger partial charge >= 0.3 is 0 Å². The minimum Gasteiger partial charge on any atom is -0.381 e. The number of nitrogens with zero attached hydrogens (tertiary/aromatic N) is 6. The SMILES string of the molecule is Cc1ncc(-c2nc(Nc3ccc(C(=O)N4CCN(C(C)C)CC4)cc3)ncc2F)n1C1CCOCC1. The maximum Gasteiger partial charge on any atom is 0.253 e. The largest absolute Gasteiger partial charge is 0.381 e. The van der Waals surface area contributed by atoms with Gasteiger partial charge in [-0.25, -0.2) is 19.3 Å². The summed E-state index contributed by atoms with van der Waals surface area (Å²) in [6.07, 6.45) is 4.54. The lowest BCUT2D eigenvalue weighted by Crippen LogP contribution is -2.50. The molecule has 0 atom stereocenters. The Bertz CT molecular complexity index is 1230. The summed E-state index contributed by atoms with van der Waals surface area (Å²) < 4.78 is 22.4. The normalized spacial score (nSPS) is 17.4. The fourth-order valence-electron chi connectivity index (χ4n) is 5.09. The minimum absolute atomic E-state index is 0.0343. The van der Waals surface area contributed by atoms with E-state index in [0.717, 1.165) is 44.8 Å². The number of imidazole rings is 1. The van der Waals surface area contributed by atoms with Crippen molar-refractivity contribution in [3.63, 3.8) is 0 Å². The van der Waals surface area contributed by atoms with Crippen LogP contribution in [0.25, 0.3) is 11.4 Å². The smallest absolute Gasteiger partial charge is 0.253 e. The van der Waals surface area contributed by atoms with Crippen LogP contribution in [0.2, 0.25) is 0 Å². The van der Waals surface area contributed by atoms with E-state index in [1.807, 2.05) is 24.0 Å². The van der Waals surface area contributed by atoms with E-state index in [9.17, 15) is 9.18 Å². The van der Waals surface area contributed by atoms with Crippen molar-refractivity contribution in [1.29, 1.82) is 0 Å². The van der Waals surface area contributed by atoms with Gasteiger partial charge in [0.05, 0.1) is 18.1 Å². The van der Waals surface area contributed by atoms with Gasteiger partial charge in [0.25, 0.3) is 5.91 Å². The van der Waals surface area contributed by atoms with Crippen LogP contribution in [-0.2, 0) is 4.74 Å². The van der Waals surface area contributed by atoms with Gasteiger partial charge in [0.15, 0.2) is 5.82 Å². The number of carbonyl (C=O) groups excluding carboxylic acids is 1. The van der Waals surface area contributed by atoms with Crippen molar-refractivity contribution in [3.8, 4) is 11.4 Å². The molecule has 37 heavy (non-hydrogen) atoms. The first-order valence-corrected chi connectivity index (χ1v) is 13.0. The van der Waals surface area contributed by atoms with Crippen LogP contribution in [0.3, 0.4) is 0 Å². The van der Waals surface area contributed by atoms with Gasteiger partial charge in [-0.05, 0) is 57.9 Å². The van der Waals surface area contributed by atoms with Crippen molar-refractivity contribution >= 4 is 17.5 Å². The fourth-order valence-corrected chi connectivity index (χ4v) is 5.09. The molecule has 2 fully saturated rings. The Balaban J connectivity index is 1.30. The number of anilines is 2. The molecule has 0 aliphatic carbocycles. The van der Waals surface area contributed by atoms with E-state index in [1.54, 1.807) is 18.3 Å². The van der Waals surface area contributed by atoms with E-state index in [4.69, 9.17) is 4.74 Å². The highest BCUT2D eigenvalue weighted by Gasteiger charge is 2.25. The summed E-state index contributed by atoms with van der Waals surface area (Å²) >= 11 is 0. The number of ether oxygens (including phenoxy) is 1. The highest BCUT2D eigenvalue weighted by Crippen LogP contribution is 2.31. The van der Waals surface area contributed by atoms with Gasteiger partial charge in [-0.2, -0.15) is 0 Å². The predicted octanol–water partition coefficient (Wildman–Crippen LogP) is 4.05. The van der Waals surface area contributed by atoms with Crippen LogP contribution in [0.5, 0.6) is 0 Å². The molecule has 0 radical (unpaired) electrons. The lowest BCUT2D eigenvalue weighted by molar-refractivity contribution is 0.0595.